The summed E-state index contributed by atoms with van der Waals surface area (Å²) in [6.07, 6.45) is 0. The summed E-state index contributed by atoms with van der Waals surface area (Å²) in [5.74, 6) is -0.182. The summed E-state index contributed by atoms with van der Waals surface area (Å²) in [6.45, 7) is 1.99. The molecule has 0 aliphatic carbocycles. The van der Waals surface area contributed by atoms with Crippen LogP contribution in [-0.4, -0.2) is 27.6 Å². The van der Waals surface area contributed by atoms with Gasteiger partial charge in [0, 0.05) is 0 Å². The Morgan fingerprint density at radius 2 is 2.07 bits per heavy atom. The minimum atomic E-state index is -0.182. The molecule has 0 amide bonds. The molecule has 0 aliphatic rings. The Kier molecular flexibility index (Phi) is 2.44. The molecule has 0 radical (unpaired) electrons. The number of rotatable bonds is 1. The Labute approximate surface area is 88.2 Å². The first-order valence-electron chi connectivity index (χ1n) is 4.30. The van der Waals surface area contributed by atoms with Crippen molar-refractivity contribution in [3.8, 4) is 0 Å². The van der Waals surface area contributed by atoms with Crippen molar-refractivity contribution < 1.29 is 9.53 Å². The number of carbonyl (C=O) groups is 1. The molecule has 2 nitrogen and oxygen atoms in total. The number of hydrogen-bond donors (Lipinski definition) is 0. The molecule has 1 aromatic heterocycles. The molecule has 0 bridgehead atoms. The third-order valence-corrected chi connectivity index (χ3v) is 4.84. The van der Waals surface area contributed by atoms with Crippen LogP contribution in [0.25, 0.3) is 9.65 Å². The summed E-state index contributed by atoms with van der Waals surface area (Å²) in [5.41, 5.74) is 1.08. The maximum atomic E-state index is 11.4. The zero-order valence-corrected chi connectivity index (χ0v) is 9.75. The van der Waals surface area contributed by atoms with E-state index >= 15 is 0 Å². The second kappa shape index (κ2) is 3.60. The maximum absolute atomic E-state index is 11.4. The molecule has 3 heteroatoms. The average molecular weight is 253 g/mol. The molecular weight excluding hydrogens is 243 g/mol. The van der Waals surface area contributed by atoms with Crippen LogP contribution in [0.4, 0.5) is 0 Å². The molecule has 0 saturated heterocycles. The van der Waals surface area contributed by atoms with E-state index in [0.717, 1.165) is 10.0 Å². The normalized spacial score (nSPS) is 10.4. The van der Waals surface area contributed by atoms with Crippen LogP contribution in [0.5, 0.6) is 0 Å². The molecule has 0 saturated carbocycles. The first-order chi connectivity index (χ1) is 6.74. The third kappa shape index (κ3) is 1.39. The van der Waals surface area contributed by atoms with Gasteiger partial charge in [0.15, 0.2) is 0 Å². The van der Waals surface area contributed by atoms with E-state index in [-0.39, 0.29) is 20.5 Å². The zero-order chi connectivity index (χ0) is 10.1. The van der Waals surface area contributed by atoms with Gasteiger partial charge < -0.3 is 0 Å². The van der Waals surface area contributed by atoms with Crippen molar-refractivity contribution in [2.45, 2.75) is 6.92 Å². The summed E-state index contributed by atoms with van der Waals surface area (Å²) >= 11 is 0.119. The number of hydrogen-bond acceptors (Lipinski definition) is 2. The van der Waals surface area contributed by atoms with Crippen molar-refractivity contribution in [2.24, 2.45) is 0 Å². The summed E-state index contributed by atoms with van der Waals surface area (Å²) in [6, 6.07) is 8.14. The quantitative estimate of drug-likeness (QED) is 0.574. The number of carbonyl (C=O) groups excluding carboxylic acids is 1. The second-order valence-electron chi connectivity index (χ2n) is 3.04. The Morgan fingerprint density at radius 3 is 2.71 bits per heavy atom. The summed E-state index contributed by atoms with van der Waals surface area (Å²) < 4.78 is 6.88. The minimum absolute atomic E-state index is 0.119. The first-order valence-corrected chi connectivity index (χ1v) is 6.02. The van der Waals surface area contributed by atoms with Gasteiger partial charge in [-0.15, -0.1) is 0 Å². The Morgan fingerprint density at radius 1 is 1.36 bits per heavy atom. The first kappa shape index (κ1) is 9.50. The van der Waals surface area contributed by atoms with Crippen molar-refractivity contribution >= 4 is 30.1 Å². The SMILES string of the molecule is COC(=O)c1[se]c2ccccc2c1C. The van der Waals surface area contributed by atoms with E-state index < -0.39 is 0 Å². The summed E-state index contributed by atoms with van der Waals surface area (Å²) in [7, 11) is 1.43. The number of aryl methyl sites for hydroxylation is 1. The average Bonchev–Trinajstić information content (AvgIpc) is 2.56. The topological polar surface area (TPSA) is 26.3 Å². The molecule has 0 fully saturated rings. The Hall–Kier alpha value is -1.05. The molecule has 1 heterocycles. The summed E-state index contributed by atoms with van der Waals surface area (Å²) in [5, 5.41) is 1.20. The van der Waals surface area contributed by atoms with Crippen LogP contribution in [0.3, 0.4) is 0 Å². The van der Waals surface area contributed by atoms with Crippen molar-refractivity contribution in [2.75, 3.05) is 7.11 Å². The fourth-order valence-electron chi connectivity index (χ4n) is 1.46. The number of ether oxygens (including phenoxy) is 1. The zero-order valence-electron chi connectivity index (χ0n) is 8.03. The monoisotopic (exact) mass is 254 g/mol. The van der Waals surface area contributed by atoms with Crippen LogP contribution in [-0.2, 0) is 4.74 Å². The van der Waals surface area contributed by atoms with Gasteiger partial charge in [-0.1, -0.05) is 0 Å². The number of fused-ring (bicyclic) bond motifs is 1. The van der Waals surface area contributed by atoms with Gasteiger partial charge in [-0.2, -0.15) is 0 Å². The van der Waals surface area contributed by atoms with Crippen LogP contribution >= 0.6 is 0 Å². The molecule has 0 atom stereocenters. The van der Waals surface area contributed by atoms with Crippen LogP contribution in [0.15, 0.2) is 24.3 Å². The standard InChI is InChI=1S/C11H10O2Se/c1-7-8-5-3-4-6-9(8)14-10(7)11(12)13-2/h3-6H,1-2H3. The molecule has 2 rings (SSSR count). The molecule has 0 unspecified atom stereocenters. The van der Waals surface area contributed by atoms with Crippen LogP contribution in [0.1, 0.15) is 14.8 Å². The molecule has 1 aromatic carbocycles. The third-order valence-electron chi connectivity index (χ3n) is 2.21. The van der Waals surface area contributed by atoms with Crippen molar-refractivity contribution in [3.05, 3.63) is 34.3 Å². The van der Waals surface area contributed by atoms with E-state index in [1.807, 2.05) is 19.1 Å². The Bertz CT molecular complexity index is 485. The van der Waals surface area contributed by atoms with Gasteiger partial charge in [-0.25, -0.2) is 0 Å². The molecular formula is C11H10O2Se. The predicted molar refractivity (Wildman–Crippen MR) is 57.0 cm³/mol. The van der Waals surface area contributed by atoms with E-state index in [2.05, 4.69) is 12.1 Å². The second-order valence-corrected chi connectivity index (χ2v) is 5.25. The van der Waals surface area contributed by atoms with E-state index in [4.69, 9.17) is 4.74 Å². The number of esters is 1. The van der Waals surface area contributed by atoms with Crippen LogP contribution in [0, 0.1) is 6.92 Å². The van der Waals surface area contributed by atoms with Crippen molar-refractivity contribution in [3.63, 3.8) is 0 Å². The van der Waals surface area contributed by atoms with Gasteiger partial charge in [0.25, 0.3) is 0 Å². The molecule has 0 N–H and O–H groups in total. The van der Waals surface area contributed by atoms with Crippen molar-refractivity contribution in [1.82, 2.24) is 0 Å². The molecule has 72 valence electrons. The molecule has 14 heavy (non-hydrogen) atoms. The van der Waals surface area contributed by atoms with E-state index in [0.29, 0.717) is 0 Å². The summed E-state index contributed by atoms with van der Waals surface area (Å²) in [4.78, 5) is 11.4. The van der Waals surface area contributed by atoms with Crippen LogP contribution < -0.4 is 0 Å². The van der Waals surface area contributed by atoms with Gasteiger partial charge >= 0.3 is 88.0 Å². The van der Waals surface area contributed by atoms with Crippen LogP contribution in [0.2, 0.25) is 0 Å². The van der Waals surface area contributed by atoms with Gasteiger partial charge in [-0.05, 0) is 0 Å². The molecule has 2 aromatic rings. The predicted octanol–water partition coefficient (Wildman–Crippen LogP) is 1.99. The van der Waals surface area contributed by atoms with Gasteiger partial charge in [0.05, 0.1) is 0 Å². The number of methoxy groups -OCH3 is 1. The Balaban J connectivity index is 2.68. The fraction of sp³-hybridized carbons (Fsp3) is 0.182. The van der Waals surface area contributed by atoms with Gasteiger partial charge in [0.1, 0.15) is 0 Å². The van der Waals surface area contributed by atoms with E-state index in [1.165, 1.54) is 16.8 Å². The fourth-order valence-corrected chi connectivity index (χ4v) is 3.83. The van der Waals surface area contributed by atoms with Gasteiger partial charge in [-0.3, -0.25) is 0 Å². The molecule has 0 spiro atoms. The van der Waals surface area contributed by atoms with E-state index in [1.54, 1.807) is 0 Å². The number of benzene rings is 1. The van der Waals surface area contributed by atoms with Crippen molar-refractivity contribution in [1.29, 1.82) is 0 Å². The van der Waals surface area contributed by atoms with E-state index in [9.17, 15) is 4.79 Å². The molecule has 0 aliphatic heterocycles. The van der Waals surface area contributed by atoms with Gasteiger partial charge in [0.2, 0.25) is 0 Å².